The van der Waals surface area contributed by atoms with E-state index in [1.165, 1.54) is 0 Å². The van der Waals surface area contributed by atoms with E-state index >= 15 is 0 Å². The van der Waals surface area contributed by atoms with E-state index in [0.29, 0.717) is 12.2 Å². The second-order valence-corrected chi connectivity index (χ2v) is 3.58. The number of rotatable bonds is 8. The fourth-order valence-electron chi connectivity index (χ4n) is 0.773. The van der Waals surface area contributed by atoms with Crippen LogP contribution in [0.4, 0.5) is 0 Å². The first-order valence-electron chi connectivity index (χ1n) is 4.21. The predicted octanol–water partition coefficient (Wildman–Crippen LogP) is -0.763. The highest BCUT2D eigenvalue weighted by Crippen LogP contribution is 1.94. The number of hydrogen-bond donors (Lipinski definition) is 6. The highest BCUT2D eigenvalue weighted by Gasteiger charge is 2.20. The molecule has 0 fully saturated rings. The Hall–Kier alpha value is -0.440. The lowest BCUT2D eigenvalue weighted by Crippen LogP contribution is -2.53. The maximum Gasteiger partial charge on any atom is 0.322 e. The molecule has 0 bridgehead atoms. The van der Waals surface area contributed by atoms with Gasteiger partial charge in [0.25, 0.3) is 0 Å². The summed E-state index contributed by atoms with van der Waals surface area (Å²) in [5.74, 6) is -1.69. The molecule has 0 rings (SSSR count). The third-order valence-corrected chi connectivity index (χ3v) is 2.25. The topological polar surface area (TPSA) is 98.7 Å². The summed E-state index contributed by atoms with van der Waals surface area (Å²) in [4.78, 5) is 21.2. The second kappa shape index (κ2) is 7.80. The molecule has 8 heteroatoms. The standard InChI is InChI=1S/C7H14N2O4S2/c10-6(11)4(1-2-14)8-9-5(3-15)7(12)13/h4-5,8-9,14-15H,1-3H2,(H,10,11)(H,12,13)/t4-,5-/m0/s1. The molecule has 0 aliphatic carbocycles. The summed E-state index contributed by atoms with van der Waals surface area (Å²) in [5, 5.41) is 17.4. The Labute approximate surface area is 98.2 Å². The number of thiol groups is 2. The molecule has 0 aromatic rings. The van der Waals surface area contributed by atoms with Crippen molar-refractivity contribution in [1.29, 1.82) is 0 Å². The van der Waals surface area contributed by atoms with E-state index in [9.17, 15) is 9.59 Å². The minimum absolute atomic E-state index is 0.0650. The van der Waals surface area contributed by atoms with Gasteiger partial charge < -0.3 is 10.2 Å². The van der Waals surface area contributed by atoms with Gasteiger partial charge in [-0.25, -0.2) is 10.9 Å². The quantitative estimate of drug-likeness (QED) is 0.252. The Balaban J connectivity index is 4.07. The van der Waals surface area contributed by atoms with Crippen molar-refractivity contribution in [2.24, 2.45) is 0 Å². The zero-order chi connectivity index (χ0) is 11.8. The molecule has 0 radical (unpaired) electrons. The maximum absolute atomic E-state index is 10.7. The third kappa shape index (κ3) is 5.88. The zero-order valence-electron chi connectivity index (χ0n) is 7.88. The van der Waals surface area contributed by atoms with Crippen molar-refractivity contribution in [1.82, 2.24) is 10.9 Å². The van der Waals surface area contributed by atoms with E-state index in [4.69, 9.17) is 10.2 Å². The van der Waals surface area contributed by atoms with Crippen molar-refractivity contribution in [3.8, 4) is 0 Å². The molecule has 0 spiro atoms. The summed E-state index contributed by atoms with van der Waals surface area (Å²) in [5.41, 5.74) is 4.82. The molecular formula is C7H14N2O4S2. The number of carboxylic acids is 2. The molecule has 4 N–H and O–H groups in total. The molecule has 0 aromatic heterocycles. The van der Waals surface area contributed by atoms with Gasteiger partial charge in [-0.2, -0.15) is 25.3 Å². The minimum Gasteiger partial charge on any atom is -0.480 e. The Morgan fingerprint density at radius 3 is 1.87 bits per heavy atom. The third-order valence-electron chi connectivity index (χ3n) is 1.63. The smallest absolute Gasteiger partial charge is 0.322 e. The number of carboxylic acid groups (broad SMARTS) is 2. The number of hydrazine groups is 1. The van der Waals surface area contributed by atoms with Crippen molar-refractivity contribution in [3.05, 3.63) is 0 Å². The predicted molar refractivity (Wildman–Crippen MR) is 61.4 cm³/mol. The molecule has 0 saturated heterocycles. The van der Waals surface area contributed by atoms with Crippen molar-refractivity contribution < 1.29 is 19.8 Å². The van der Waals surface area contributed by atoms with Crippen molar-refractivity contribution in [2.75, 3.05) is 11.5 Å². The van der Waals surface area contributed by atoms with Crippen molar-refractivity contribution in [3.63, 3.8) is 0 Å². The highest BCUT2D eigenvalue weighted by atomic mass is 32.1. The van der Waals surface area contributed by atoms with Gasteiger partial charge in [-0.15, -0.1) is 0 Å². The summed E-state index contributed by atoms with van der Waals surface area (Å²) in [7, 11) is 0. The second-order valence-electron chi connectivity index (χ2n) is 2.77. The van der Waals surface area contributed by atoms with E-state index in [0.717, 1.165) is 0 Å². The largest absolute Gasteiger partial charge is 0.480 e. The molecule has 0 unspecified atom stereocenters. The fourth-order valence-corrected chi connectivity index (χ4v) is 1.28. The molecule has 0 aliphatic heterocycles. The van der Waals surface area contributed by atoms with Crippen LogP contribution in [0.1, 0.15) is 6.42 Å². The number of nitrogens with one attached hydrogen (secondary N) is 2. The number of hydrogen-bond acceptors (Lipinski definition) is 6. The van der Waals surface area contributed by atoms with Crippen LogP contribution in [0.2, 0.25) is 0 Å². The first-order chi connectivity index (χ1) is 7.02. The molecule has 15 heavy (non-hydrogen) atoms. The van der Waals surface area contributed by atoms with E-state index in [-0.39, 0.29) is 5.75 Å². The summed E-state index contributed by atoms with van der Waals surface area (Å²) in [6.07, 6.45) is 0.296. The Morgan fingerprint density at radius 1 is 1.07 bits per heavy atom. The van der Waals surface area contributed by atoms with Gasteiger partial charge in [-0.05, 0) is 12.2 Å². The Kier molecular flexibility index (Phi) is 7.57. The molecule has 0 aliphatic rings. The zero-order valence-corrected chi connectivity index (χ0v) is 9.67. The molecule has 0 saturated carbocycles. The normalized spacial score (nSPS) is 14.5. The molecule has 0 aromatic carbocycles. The van der Waals surface area contributed by atoms with E-state index in [2.05, 4.69) is 36.1 Å². The van der Waals surface area contributed by atoms with Crippen LogP contribution >= 0.6 is 25.3 Å². The lowest BCUT2D eigenvalue weighted by atomic mass is 10.2. The van der Waals surface area contributed by atoms with Crippen LogP contribution in [0.15, 0.2) is 0 Å². The van der Waals surface area contributed by atoms with Gasteiger partial charge in [0.1, 0.15) is 12.1 Å². The number of aliphatic carboxylic acids is 2. The van der Waals surface area contributed by atoms with Crippen LogP contribution in [-0.4, -0.2) is 45.7 Å². The van der Waals surface area contributed by atoms with Crippen LogP contribution in [0, 0.1) is 0 Å². The van der Waals surface area contributed by atoms with Crippen LogP contribution in [0.3, 0.4) is 0 Å². The lowest BCUT2D eigenvalue weighted by Gasteiger charge is -2.17. The summed E-state index contributed by atoms with van der Waals surface area (Å²) in [6.45, 7) is 0. The SMILES string of the molecule is O=C(O)[C@H](CS)NN[C@@H](CCS)C(=O)O. The van der Waals surface area contributed by atoms with Crippen LogP contribution in [-0.2, 0) is 9.59 Å². The van der Waals surface area contributed by atoms with E-state index in [1.807, 2.05) is 0 Å². The number of carbonyl (C=O) groups is 2. The van der Waals surface area contributed by atoms with Crippen LogP contribution in [0.5, 0.6) is 0 Å². The van der Waals surface area contributed by atoms with Crippen molar-refractivity contribution >= 4 is 37.2 Å². The van der Waals surface area contributed by atoms with E-state index < -0.39 is 24.0 Å². The summed E-state index contributed by atoms with van der Waals surface area (Å²) >= 11 is 7.72. The summed E-state index contributed by atoms with van der Waals surface area (Å²) in [6, 6.07) is -1.78. The van der Waals surface area contributed by atoms with Gasteiger partial charge in [-0.3, -0.25) is 9.59 Å². The van der Waals surface area contributed by atoms with E-state index in [1.54, 1.807) is 0 Å². The first-order valence-corrected chi connectivity index (χ1v) is 5.47. The maximum atomic E-state index is 10.7. The minimum atomic E-state index is -1.09. The average molecular weight is 254 g/mol. The van der Waals surface area contributed by atoms with Crippen molar-refractivity contribution in [2.45, 2.75) is 18.5 Å². The molecule has 88 valence electrons. The highest BCUT2D eigenvalue weighted by molar-refractivity contribution is 7.80. The van der Waals surface area contributed by atoms with Gasteiger partial charge in [0, 0.05) is 5.75 Å². The lowest BCUT2D eigenvalue weighted by molar-refractivity contribution is -0.142. The average Bonchev–Trinajstić information content (AvgIpc) is 2.16. The van der Waals surface area contributed by atoms with Gasteiger partial charge >= 0.3 is 11.9 Å². The van der Waals surface area contributed by atoms with Gasteiger partial charge in [0.05, 0.1) is 0 Å². The monoisotopic (exact) mass is 254 g/mol. The Morgan fingerprint density at radius 2 is 1.53 bits per heavy atom. The molecular weight excluding hydrogens is 240 g/mol. The van der Waals surface area contributed by atoms with Gasteiger partial charge in [-0.1, -0.05) is 0 Å². The van der Waals surface area contributed by atoms with Crippen LogP contribution < -0.4 is 10.9 Å². The summed E-state index contributed by atoms with van der Waals surface area (Å²) < 4.78 is 0. The van der Waals surface area contributed by atoms with Gasteiger partial charge in [0.15, 0.2) is 0 Å². The fraction of sp³-hybridized carbons (Fsp3) is 0.714. The van der Waals surface area contributed by atoms with Crippen LogP contribution in [0.25, 0.3) is 0 Å². The Bertz CT molecular complexity index is 227. The molecule has 0 amide bonds. The first kappa shape index (κ1) is 14.6. The molecule has 6 nitrogen and oxygen atoms in total. The van der Waals surface area contributed by atoms with Gasteiger partial charge in [0.2, 0.25) is 0 Å². The molecule has 0 heterocycles. The molecule has 2 atom stereocenters.